The predicted octanol–water partition coefficient (Wildman–Crippen LogP) is 5.33. The molecule has 1 aromatic carbocycles. The van der Waals surface area contributed by atoms with E-state index in [1.54, 1.807) is 6.07 Å². The van der Waals surface area contributed by atoms with Gasteiger partial charge in [-0.2, -0.15) is 0 Å². The SMILES string of the molecule is CCCNCC1CCCCCC1Cc1cc(F)cc(Br)c1. The van der Waals surface area contributed by atoms with Crippen LogP contribution in [0.2, 0.25) is 0 Å². The van der Waals surface area contributed by atoms with Crippen molar-refractivity contribution in [2.75, 3.05) is 13.1 Å². The Morgan fingerprint density at radius 1 is 1.14 bits per heavy atom. The Morgan fingerprint density at radius 2 is 1.90 bits per heavy atom. The van der Waals surface area contributed by atoms with Gasteiger partial charge in [0, 0.05) is 4.47 Å². The Kier molecular flexibility index (Phi) is 7.18. The maximum Gasteiger partial charge on any atom is 0.124 e. The number of nitrogens with one attached hydrogen (secondary N) is 1. The maximum absolute atomic E-state index is 13.6. The molecule has 2 rings (SSSR count). The first-order valence-electron chi connectivity index (χ1n) is 8.34. The van der Waals surface area contributed by atoms with Crippen LogP contribution in [0.1, 0.15) is 51.0 Å². The summed E-state index contributed by atoms with van der Waals surface area (Å²) in [6.07, 6.45) is 8.83. The van der Waals surface area contributed by atoms with Crippen LogP contribution in [0.4, 0.5) is 4.39 Å². The molecule has 0 spiro atoms. The Morgan fingerprint density at radius 3 is 2.62 bits per heavy atom. The molecule has 118 valence electrons. The Balaban J connectivity index is 2.01. The molecule has 1 aliphatic rings. The number of hydrogen-bond donors (Lipinski definition) is 1. The molecule has 2 atom stereocenters. The third kappa shape index (κ3) is 5.71. The van der Waals surface area contributed by atoms with E-state index in [1.807, 2.05) is 0 Å². The topological polar surface area (TPSA) is 12.0 Å². The van der Waals surface area contributed by atoms with Crippen LogP contribution >= 0.6 is 15.9 Å². The average Bonchev–Trinajstić information content (AvgIpc) is 2.64. The molecule has 21 heavy (non-hydrogen) atoms. The van der Waals surface area contributed by atoms with E-state index in [2.05, 4.69) is 34.2 Å². The Hall–Kier alpha value is -0.410. The minimum absolute atomic E-state index is 0.131. The molecule has 2 unspecified atom stereocenters. The van der Waals surface area contributed by atoms with Gasteiger partial charge in [0.05, 0.1) is 0 Å². The first kappa shape index (κ1) is 17.0. The van der Waals surface area contributed by atoms with Gasteiger partial charge in [-0.15, -0.1) is 0 Å². The first-order valence-corrected chi connectivity index (χ1v) is 9.14. The smallest absolute Gasteiger partial charge is 0.124 e. The van der Waals surface area contributed by atoms with Gasteiger partial charge in [-0.25, -0.2) is 4.39 Å². The largest absolute Gasteiger partial charge is 0.316 e. The van der Waals surface area contributed by atoms with Crippen molar-refractivity contribution >= 4 is 15.9 Å². The molecule has 0 aromatic heterocycles. The van der Waals surface area contributed by atoms with Crippen molar-refractivity contribution in [3.05, 3.63) is 34.1 Å². The number of rotatable bonds is 6. The van der Waals surface area contributed by atoms with Gasteiger partial charge in [0.15, 0.2) is 0 Å². The summed E-state index contributed by atoms with van der Waals surface area (Å²) in [6, 6.07) is 5.31. The van der Waals surface area contributed by atoms with Crippen molar-refractivity contribution in [3.8, 4) is 0 Å². The third-order valence-electron chi connectivity index (χ3n) is 4.57. The highest BCUT2D eigenvalue weighted by atomic mass is 79.9. The van der Waals surface area contributed by atoms with Crippen molar-refractivity contribution in [1.82, 2.24) is 5.32 Å². The van der Waals surface area contributed by atoms with E-state index in [0.717, 1.165) is 35.5 Å². The lowest BCUT2D eigenvalue weighted by Crippen LogP contribution is -2.29. The molecule has 0 heterocycles. The number of halogens is 2. The normalized spacial score (nSPS) is 23.0. The molecule has 1 nitrogen and oxygen atoms in total. The molecule has 0 bridgehead atoms. The Bertz CT molecular complexity index is 415. The quantitative estimate of drug-likeness (QED) is 0.537. The lowest BCUT2D eigenvalue weighted by Gasteiger charge is -2.26. The summed E-state index contributed by atoms with van der Waals surface area (Å²) < 4.78 is 14.4. The molecule has 0 saturated heterocycles. The molecule has 3 heteroatoms. The average molecular weight is 356 g/mol. The van der Waals surface area contributed by atoms with Crippen LogP contribution in [-0.4, -0.2) is 13.1 Å². The molecular weight excluding hydrogens is 329 g/mol. The summed E-state index contributed by atoms with van der Waals surface area (Å²) in [5.74, 6) is 1.29. The molecule has 1 aliphatic carbocycles. The minimum atomic E-state index is -0.131. The maximum atomic E-state index is 13.6. The highest BCUT2D eigenvalue weighted by Gasteiger charge is 2.23. The second-order valence-electron chi connectivity index (χ2n) is 6.34. The van der Waals surface area contributed by atoms with Crippen LogP contribution in [0, 0.1) is 17.7 Å². The van der Waals surface area contributed by atoms with E-state index in [4.69, 9.17) is 0 Å². The van der Waals surface area contributed by atoms with Crippen LogP contribution in [-0.2, 0) is 6.42 Å². The van der Waals surface area contributed by atoms with Crippen molar-refractivity contribution in [1.29, 1.82) is 0 Å². The zero-order valence-corrected chi connectivity index (χ0v) is 14.6. The standard InChI is InChI=1S/C18H27BrFN/c1-2-8-21-13-16-7-5-3-4-6-15(16)9-14-10-17(19)12-18(20)11-14/h10-12,15-16,21H,2-9,13H2,1H3. The minimum Gasteiger partial charge on any atom is -0.316 e. The van der Waals surface area contributed by atoms with Crippen molar-refractivity contribution in [3.63, 3.8) is 0 Å². The van der Waals surface area contributed by atoms with Gasteiger partial charge in [0.1, 0.15) is 5.82 Å². The summed E-state index contributed by atoms with van der Waals surface area (Å²) in [5.41, 5.74) is 1.13. The monoisotopic (exact) mass is 355 g/mol. The summed E-state index contributed by atoms with van der Waals surface area (Å²) in [4.78, 5) is 0. The molecule has 0 radical (unpaired) electrons. The van der Waals surface area contributed by atoms with E-state index in [1.165, 1.54) is 44.6 Å². The molecule has 1 N–H and O–H groups in total. The molecule has 1 fully saturated rings. The van der Waals surface area contributed by atoms with Gasteiger partial charge in [0.25, 0.3) is 0 Å². The van der Waals surface area contributed by atoms with Gasteiger partial charge >= 0.3 is 0 Å². The first-order chi connectivity index (χ1) is 10.2. The molecular formula is C18H27BrFN. The second kappa shape index (κ2) is 8.89. The predicted molar refractivity (Wildman–Crippen MR) is 91.0 cm³/mol. The summed E-state index contributed by atoms with van der Waals surface area (Å²) in [7, 11) is 0. The van der Waals surface area contributed by atoms with Crippen LogP contribution < -0.4 is 5.32 Å². The van der Waals surface area contributed by atoms with Crippen molar-refractivity contribution < 1.29 is 4.39 Å². The lowest BCUT2D eigenvalue weighted by molar-refractivity contribution is 0.298. The molecule has 0 aliphatic heterocycles. The lowest BCUT2D eigenvalue weighted by atomic mass is 9.83. The molecule has 0 amide bonds. The highest BCUT2D eigenvalue weighted by Crippen LogP contribution is 2.32. The second-order valence-corrected chi connectivity index (χ2v) is 7.26. The number of hydrogen-bond acceptors (Lipinski definition) is 1. The third-order valence-corrected chi connectivity index (χ3v) is 5.03. The fraction of sp³-hybridized carbons (Fsp3) is 0.667. The molecule has 1 saturated carbocycles. The van der Waals surface area contributed by atoms with Crippen LogP contribution in [0.5, 0.6) is 0 Å². The fourth-order valence-electron chi connectivity index (χ4n) is 3.49. The zero-order chi connectivity index (χ0) is 15.1. The van der Waals surface area contributed by atoms with E-state index in [9.17, 15) is 4.39 Å². The van der Waals surface area contributed by atoms with Gasteiger partial charge in [-0.1, -0.05) is 42.1 Å². The summed E-state index contributed by atoms with van der Waals surface area (Å²) in [6.45, 7) is 4.44. The van der Waals surface area contributed by atoms with Crippen LogP contribution in [0.15, 0.2) is 22.7 Å². The van der Waals surface area contributed by atoms with Gasteiger partial charge in [-0.05, 0) is 74.4 Å². The zero-order valence-electron chi connectivity index (χ0n) is 13.0. The van der Waals surface area contributed by atoms with E-state index in [0.29, 0.717) is 5.92 Å². The van der Waals surface area contributed by atoms with Crippen molar-refractivity contribution in [2.24, 2.45) is 11.8 Å². The van der Waals surface area contributed by atoms with E-state index in [-0.39, 0.29) is 5.82 Å². The van der Waals surface area contributed by atoms with Crippen LogP contribution in [0.3, 0.4) is 0 Å². The summed E-state index contributed by atoms with van der Waals surface area (Å²) in [5, 5.41) is 3.59. The Labute approximate surface area is 136 Å². The van der Waals surface area contributed by atoms with Gasteiger partial charge < -0.3 is 5.32 Å². The van der Waals surface area contributed by atoms with E-state index < -0.39 is 0 Å². The van der Waals surface area contributed by atoms with E-state index >= 15 is 0 Å². The number of benzene rings is 1. The van der Waals surface area contributed by atoms with Gasteiger partial charge in [-0.3, -0.25) is 0 Å². The molecule has 1 aromatic rings. The van der Waals surface area contributed by atoms with Crippen molar-refractivity contribution in [2.45, 2.75) is 51.9 Å². The van der Waals surface area contributed by atoms with Crippen LogP contribution in [0.25, 0.3) is 0 Å². The fourth-order valence-corrected chi connectivity index (χ4v) is 4.01. The highest BCUT2D eigenvalue weighted by molar-refractivity contribution is 9.10. The summed E-state index contributed by atoms with van der Waals surface area (Å²) >= 11 is 3.41. The van der Waals surface area contributed by atoms with Gasteiger partial charge in [0.2, 0.25) is 0 Å².